The van der Waals surface area contributed by atoms with Crippen LogP contribution in [-0.2, 0) is 0 Å². The van der Waals surface area contributed by atoms with E-state index >= 15 is 0 Å². The molecule has 12 rings (SSSR count). The fraction of sp³-hybridized carbons (Fsp3) is 0.0492. The molecule has 62 heavy (non-hydrogen) atoms. The molecule has 0 bridgehead atoms. The lowest BCUT2D eigenvalue weighted by molar-refractivity contribution is 0.997. The minimum absolute atomic E-state index is 0.690. The van der Waals surface area contributed by atoms with E-state index in [4.69, 9.17) is 0 Å². The van der Waals surface area contributed by atoms with Crippen LogP contribution in [-0.4, -0.2) is 0 Å². The summed E-state index contributed by atoms with van der Waals surface area (Å²) in [5.41, 5.74) is 18.5. The summed E-state index contributed by atoms with van der Waals surface area (Å²) >= 11 is 0. The van der Waals surface area contributed by atoms with Gasteiger partial charge >= 0.3 is 0 Å². The van der Waals surface area contributed by atoms with Crippen molar-refractivity contribution in [1.82, 2.24) is 0 Å². The molecule has 0 aromatic heterocycles. The van der Waals surface area contributed by atoms with Crippen molar-refractivity contribution in [2.45, 2.75) is 12.3 Å². The Bertz CT molecular complexity index is 3290. The summed E-state index contributed by atoms with van der Waals surface area (Å²) in [6.45, 7) is 0. The molecule has 10 aromatic carbocycles. The lowest BCUT2D eigenvalue weighted by atomic mass is 9.90. The second kappa shape index (κ2) is 15.1. The van der Waals surface area contributed by atoms with E-state index in [2.05, 4.69) is 242 Å². The number of benzene rings is 10. The van der Waals surface area contributed by atoms with Crippen molar-refractivity contribution in [3.63, 3.8) is 0 Å². The predicted molar refractivity (Wildman–Crippen MR) is 263 cm³/mol. The van der Waals surface area contributed by atoms with Crippen molar-refractivity contribution in [3.05, 3.63) is 242 Å². The van der Waals surface area contributed by atoms with Crippen LogP contribution in [0.3, 0.4) is 0 Å². The molecular formula is C61H43N. The van der Waals surface area contributed by atoms with E-state index in [-0.39, 0.29) is 0 Å². The highest BCUT2D eigenvalue weighted by molar-refractivity contribution is 6.13. The normalized spacial score (nSPS) is 15.0. The lowest BCUT2D eigenvalue weighted by Crippen LogP contribution is -2.09. The fourth-order valence-electron chi connectivity index (χ4n) is 9.92. The summed E-state index contributed by atoms with van der Waals surface area (Å²) in [6.07, 6.45) is 6.06. The molecule has 0 radical (unpaired) electrons. The largest absolute Gasteiger partial charge is 0.311 e. The van der Waals surface area contributed by atoms with Crippen LogP contribution in [0.25, 0.3) is 83.3 Å². The highest BCUT2D eigenvalue weighted by atomic mass is 15.1. The molecule has 10 aromatic rings. The van der Waals surface area contributed by atoms with Crippen LogP contribution in [0.4, 0.5) is 17.1 Å². The van der Waals surface area contributed by atoms with Crippen molar-refractivity contribution >= 4 is 44.7 Å². The molecule has 0 N–H and O–H groups in total. The monoisotopic (exact) mass is 789 g/mol. The average Bonchev–Trinajstić information content (AvgIpc) is 4.16. The van der Waals surface area contributed by atoms with Gasteiger partial charge in [0.15, 0.2) is 0 Å². The molecule has 1 nitrogen and oxygen atoms in total. The molecule has 292 valence electrons. The fourth-order valence-corrected chi connectivity index (χ4v) is 9.92. The van der Waals surface area contributed by atoms with Crippen molar-refractivity contribution in [2.24, 2.45) is 5.92 Å². The van der Waals surface area contributed by atoms with Crippen molar-refractivity contribution in [2.75, 3.05) is 4.90 Å². The molecular weight excluding hydrogens is 747 g/mol. The van der Waals surface area contributed by atoms with Gasteiger partial charge in [-0.05, 0) is 155 Å². The van der Waals surface area contributed by atoms with E-state index in [1.807, 2.05) is 0 Å². The smallest absolute Gasteiger partial charge is 0.0462 e. The lowest BCUT2D eigenvalue weighted by Gasteiger charge is -2.26. The first kappa shape index (κ1) is 36.1. The SMILES string of the molecule is C1=CC2CC2c2cccc(-c3ccc(N(c4ccc(-c5ccc(-c6ccccc6)c(-c6ccccc6)c5)cc4)c4ccc(-c5cc6ccccc6c6ccccc56)cc4)cc3)c21. The van der Waals surface area contributed by atoms with Gasteiger partial charge in [-0.2, -0.15) is 0 Å². The zero-order valence-electron chi connectivity index (χ0n) is 34.3. The van der Waals surface area contributed by atoms with Crippen molar-refractivity contribution in [1.29, 1.82) is 0 Å². The zero-order chi connectivity index (χ0) is 41.0. The summed E-state index contributed by atoms with van der Waals surface area (Å²) < 4.78 is 0. The summed E-state index contributed by atoms with van der Waals surface area (Å²) in [5, 5.41) is 5.09. The molecule has 0 saturated heterocycles. The van der Waals surface area contributed by atoms with Gasteiger partial charge in [0, 0.05) is 17.1 Å². The second-order valence-electron chi connectivity index (χ2n) is 16.8. The average molecular weight is 790 g/mol. The van der Waals surface area contributed by atoms with E-state index in [0.29, 0.717) is 5.92 Å². The third kappa shape index (κ3) is 6.42. The topological polar surface area (TPSA) is 3.24 Å². The van der Waals surface area contributed by atoms with Gasteiger partial charge in [0.25, 0.3) is 0 Å². The van der Waals surface area contributed by atoms with Gasteiger partial charge in [-0.3, -0.25) is 0 Å². The molecule has 2 aliphatic carbocycles. The molecule has 1 saturated carbocycles. The van der Waals surface area contributed by atoms with Crippen molar-refractivity contribution < 1.29 is 0 Å². The van der Waals surface area contributed by atoms with Gasteiger partial charge < -0.3 is 4.90 Å². The Morgan fingerprint density at radius 1 is 0.339 bits per heavy atom. The Kier molecular flexibility index (Phi) is 8.78. The number of allylic oxidation sites excluding steroid dienone is 1. The molecule has 0 aliphatic heterocycles. The maximum Gasteiger partial charge on any atom is 0.0462 e. The van der Waals surface area contributed by atoms with Crippen LogP contribution < -0.4 is 4.90 Å². The summed E-state index contributed by atoms with van der Waals surface area (Å²) in [5.74, 6) is 1.42. The van der Waals surface area contributed by atoms with E-state index in [0.717, 1.165) is 23.0 Å². The highest BCUT2D eigenvalue weighted by Gasteiger charge is 2.40. The third-order valence-corrected chi connectivity index (χ3v) is 13.2. The Morgan fingerprint density at radius 3 is 1.55 bits per heavy atom. The minimum Gasteiger partial charge on any atom is -0.311 e. The van der Waals surface area contributed by atoms with Gasteiger partial charge in [-0.15, -0.1) is 0 Å². The van der Waals surface area contributed by atoms with Crippen LogP contribution in [0.2, 0.25) is 0 Å². The Labute approximate surface area is 363 Å². The molecule has 0 spiro atoms. The van der Waals surface area contributed by atoms with Gasteiger partial charge in [0.2, 0.25) is 0 Å². The van der Waals surface area contributed by atoms with E-state index in [1.54, 1.807) is 0 Å². The summed E-state index contributed by atoms with van der Waals surface area (Å²) in [7, 11) is 0. The molecule has 1 heteroatoms. The van der Waals surface area contributed by atoms with Crippen LogP contribution >= 0.6 is 0 Å². The Morgan fingerprint density at radius 2 is 0.871 bits per heavy atom. The first-order chi connectivity index (χ1) is 30.7. The van der Waals surface area contributed by atoms with Crippen molar-refractivity contribution in [3.8, 4) is 55.6 Å². The van der Waals surface area contributed by atoms with Crippen LogP contribution in [0.1, 0.15) is 23.5 Å². The Balaban J connectivity index is 0.939. The first-order valence-electron chi connectivity index (χ1n) is 21.8. The molecule has 2 atom stereocenters. The Hall–Kier alpha value is -7.74. The van der Waals surface area contributed by atoms with Gasteiger partial charge in [-0.25, -0.2) is 0 Å². The van der Waals surface area contributed by atoms with Crippen LogP contribution in [0.15, 0.2) is 231 Å². The van der Waals surface area contributed by atoms with E-state index < -0.39 is 0 Å². The minimum atomic E-state index is 0.690. The standard InChI is InChI=1S/C61H43N/c1-3-12-42(13-4-1)54-36-28-46(38-59(54)43-14-5-2-6-15-43)41-22-30-49(31-23-41)62(50-32-24-44(25-33-50)52-20-11-21-57-58(52)37-29-48-40-61(48)57)51-34-26-45(27-35-51)60-39-47-16-7-8-17-53(47)55-18-9-10-19-56(55)60/h1-39,48,61H,40H2. The van der Waals surface area contributed by atoms with Gasteiger partial charge in [-0.1, -0.05) is 188 Å². The van der Waals surface area contributed by atoms with Crippen LogP contribution in [0, 0.1) is 5.92 Å². The van der Waals surface area contributed by atoms with Gasteiger partial charge in [0.1, 0.15) is 0 Å². The quantitative estimate of drug-likeness (QED) is 0.139. The first-order valence-corrected chi connectivity index (χ1v) is 21.8. The maximum absolute atomic E-state index is 2.42. The summed E-state index contributed by atoms with van der Waals surface area (Å²) in [6, 6.07) is 82.4. The summed E-state index contributed by atoms with van der Waals surface area (Å²) in [4.78, 5) is 2.39. The zero-order valence-corrected chi connectivity index (χ0v) is 34.3. The predicted octanol–water partition coefficient (Wildman–Crippen LogP) is 16.9. The third-order valence-electron chi connectivity index (χ3n) is 13.2. The number of anilines is 3. The number of fused-ring (bicyclic) bond motifs is 6. The van der Waals surface area contributed by atoms with Crippen LogP contribution in [0.5, 0.6) is 0 Å². The number of hydrogen-bond acceptors (Lipinski definition) is 1. The highest BCUT2D eigenvalue weighted by Crippen LogP contribution is 2.54. The van der Waals surface area contributed by atoms with E-state index in [1.165, 1.54) is 94.7 Å². The number of hydrogen-bond donors (Lipinski definition) is 0. The molecule has 2 unspecified atom stereocenters. The molecule has 0 heterocycles. The maximum atomic E-state index is 2.42. The molecule has 2 aliphatic rings. The van der Waals surface area contributed by atoms with E-state index in [9.17, 15) is 0 Å². The number of nitrogens with zero attached hydrogens (tertiary/aromatic N) is 1. The molecule has 1 fully saturated rings. The van der Waals surface area contributed by atoms with Gasteiger partial charge in [0.05, 0.1) is 0 Å². The molecule has 0 amide bonds. The second-order valence-corrected chi connectivity index (χ2v) is 16.8. The number of rotatable bonds is 8.